The molecule has 3 N–H and O–H groups in total. The smallest absolute Gasteiger partial charge is 0.413 e. The van der Waals surface area contributed by atoms with E-state index in [-0.39, 0.29) is 29.6 Å². The van der Waals surface area contributed by atoms with E-state index in [1.54, 1.807) is 39.1 Å². The average Bonchev–Trinajstić information content (AvgIpc) is 3.75. The van der Waals surface area contributed by atoms with E-state index >= 15 is 0 Å². The molecule has 0 saturated heterocycles. The molecule has 5 heterocycles. The molecule has 5 aromatic rings. The summed E-state index contributed by atoms with van der Waals surface area (Å²) in [5.41, 5.74) is -1.43. The van der Waals surface area contributed by atoms with Gasteiger partial charge in [0, 0.05) is 27.6 Å². The number of aryl methyl sites for hydroxylation is 1. The summed E-state index contributed by atoms with van der Waals surface area (Å²) in [5.74, 6) is -1.73. The van der Waals surface area contributed by atoms with Crippen LogP contribution in [0.2, 0.25) is 0 Å². The number of aromatic nitrogens is 5. The number of hydrogen-bond donors (Lipinski definition) is 3. The molecule has 3 amide bonds. The van der Waals surface area contributed by atoms with E-state index in [9.17, 15) is 23.6 Å². The van der Waals surface area contributed by atoms with Crippen LogP contribution in [-0.4, -0.2) is 48.2 Å². The third-order valence-corrected chi connectivity index (χ3v) is 7.92. The number of halogens is 1. The monoisotopic (exact) mass is 646 g/mol. The zero-order chi connectivity index (χ0) is 32.6. The van der Waals surface area contributed by atoms with Crippen molar-refractivity contribution < 1.29 is 28.0 Å². The van der Waals surface area contributed by atoms with Gasteiger partial charge in [0.1, 0.15) is 34.8 Å². The molecule has 0 bridgehead atoms. The summed E-state index contributed by atoms with van der Waals surface area (Å²) in [6, 6.07) is 8.47. The molecule has 0 fully saturated rings. The van der Waals surface area contributed by atoms with E-state index in [4.69, 9.17) is 9.26 Å². The van der Waals surface area contributed by atoms with Crippen LogP contribution in [0.15, 0.2) is 58.1 Å². The molecule has 4 aromatic heterocycles. The lowest BCUT2D eigenvalue weighted by Gasteiger charge is -2.19. The Morgan fingerprint density at radius 3 is 2.72 bits per heavy atom. The number of rotatable bonds is 7. The number of carbonyl (C=O) groups is 3. The van der Waals surface area contributed by atoms with Gasteiger partial charge in [0.2, 0.25) is 5.91 Å². The van der Waals surface area contributed by atoms with Crippen LogP contribution in [-0.2, 0) is 22.5 Å². The van der Waals surface area contributed by atoms with Gasteiger partial charge in [-0.25, -0.2) is 19.2 Å². The Labute approximate surface area is 264 Å². The van der Waals surface area contributed by atoms with Crippen LogP contribution in [0.1, 0.15) is 54.6 Å². The Morgan fingerprint density at radius 1 is 1.13 bits per heavy atom. The number of nitrogens with one attached hydrogen (secondary N) is 3. The summed E-state index contributed by atoms with van der Waals surface area (Å²) < 4.78 is 26.5. The molecule has 0 unspecified atom stereocenters. The van der Waals surface area contributed by atoms with Crippen molar-refractivity contribution in [1.82, 2.24) is 30.0 Å². The molecule has 236 valence electrons. The first kappa shape index (κ1) is 30.5. The van der Waals surface area contributed by atoms with Crippen molar-refractivity contribution >= 4 is 50.8 Å². The van der Waals surface area contributed by atoms with E-state index in [1.165, 1.54) is 40.3 Å². The van der Waals surface area contributed by atoms with E-state index in [1.807, 2.05) is 6.07 Å². The summed E-state index contributed by atoms with van der Waals surface area (Å²) in [7, 11) is 0. The quantitative estimate of drug-likeness (QED) is 0.228. The summed E-state index contributed by atoms with van der Waals surface area (Å²) in [6.07, 6.45) is 2.95. The molecule has 0 saturated carbocycles. The first-order valence-corrected chi connectivity index (χ1v) is 14.9. The predicted octanol–water partition coefficient (Wildman–Crippen LogP) is 4.45. The third kappa shape index (κ3) is 6.46. The lowest BCUT2D eigenvalue weighted by Crippen LogP contribution is -2.36. The number of carbonyl (C=O) groups excluding carboxylic acids is 3. The normalized spacial score (nSPS) is 14.1. The fraction of sp³-hybridized carbons (Fsp3) is 0.267. The van der Waals surface area contributed by atoms with Crippen molar-refractivity contribution in [2.75, 3.05) is 10.6 Å². The van der Waals surface area contributed by atoms with Gasteiger partial charge in [0.05, 0.1) is 18.3 Å². The molecule has 1 aliphatic rings. The summed E-state index contributed by atoms with van der Waals surface area (Å²) in [4.78, 5) is 64.8. The lowest BCUT2D eigenvalue weighted by atomic mass is 10.2. The van der Waals surface area contributed by atoms with Gasteiger partial charge < -0.3 is 19.9 Å². The van der Waals surface area contributed by atoms with Gasteiger partial charge in [-0.15, -0.1) is 11.3 Å². The lowest BCUT2D eigenvalue weighted by molar-refractivity contribution is -0.124. The molecule has 14 nitrogen and oxygen atoms in total. The summed E-state index contributed by atoms with van der Waals surface area (Å²) in [5, 5.41) is 12.3. The van der Waals surface area contributed by atoms with Crippen molar-refractivity contribution in [2.24, 2.45) is 0 Å². The summed E-state index contributed by atoms with van der Waals surface area (Å²) in [6.45, 7) is 5.49. The van der Waals surface area contributed by atoms with Crippen molar-refractivity contribution in [2.45, 2.75) is 51.8 Å². The Bertz CT molecular complexity index is 2050. The Kier molecular flexibility index (Phi) is 8.04. The molecular weight excluding hydrogens is 619 g/mol. The predicted molar refractivity (Wildman–Crippen MR) is 165 cm³/mol. The number of ether oxygens (including phenoxy) is 1. The fourth-order valence-corrected chi connectivity index (χ4v) is 5.83. The molecular formula is C30H27FN8O6S. The number of anilines is 2. The van der Waals surface area contributed by atoms with Gasteiger partial charge in [-0.3, -0.25) is 24.3 Å². The zero-order valence-corrected chi connectivity index (χ0v) is 25.6. The maximum atomic E-state index is 14.1. The van der Waals surface area contributed by atoms with Crippen LogP contribution in [0.5, 0.6) is 0 Å². The highest BCUT2D eigenvalue weighted by Crippen LogP contribution is 2.28. The molecule has 16 heteroatoms. The standard InChI is InChI=1S/C30H27FN8O6S/c1-30(2,3)44-29(43)36-22-11-21-15(12-32-22)10-16(46-21)13-34-25(40)20-8-9-23-33-14-19(28(42)39(20)23)35-26(41)24-37-27(45-38-24)17-6-4-5-7-18(17)31/h4-7,10-12,14,20H,8-9,13H2,1-3H3,(H,34,40)(H,35,41)(H,32,36,43)/t20-/m0/s1. The van der Waals surface area contributed by atoms with E-state index < -0.39 is 40.8 Å². The van der Waals surface area contributed by atoms with Gasteiger partial charge >= 0.3 is 6.09 Å². The van der Waals surface area contributed by atoms with E-state index in [0.29, 0.717) is 24.5 Å². The van der Waals surface area contributed by atoms with Crippen molar-refractivity contribution in [3.63, 3.8) is 0 Å². The minimum Gasteiger partial charge on any atom is -0.444 e. The minimum atomic E-state index is -0.867. The zero-order valence-electron chi connectivity index (χ0n) is 24.8. The number of nitrogens with zero attached hydrogens (tertiary/aromatic N) is 5. The van der Waals surface area contributed by atoms with Crippen molar-refractivity contribution in [1.29, 1.82) is 0 Å². The molecule has 6 rings (SSSR count). The first-order valence-electron chi connectivity index (χ1n) is 14.1. The average molecular weight is 647 g/mol. The fourth-order valence-electron chi connectivity index (χ4n) is 4.82. The molecule has 0 spiro atoms. The van der Waals surface area contributed by atoms with Crippen molar-refractivity contribution in [3.8, 4) is 11.5 Å². The Balaban J connectivity index is 1.11. The topological polar surface area (TPSA) is 183 Å². The second kappa shape index (κ2) is 12.1. The maximum absolute atomic E-state index is 14.1. The number of benzene rings is 1. The second-order valence-electron chi connectivity index (χ2n) is 11.3. The Hall–Kier alpha value is -5.51. The van der Waals surface area contributed by atoms with Gasteiger partial charge in [-0.05, 0) is 51.5 Å². The number of amides is 3. The van der Waals surface area contributed by atoms with E-state index in [2.05, 4.69) is 36.1 Å². The van der Waals surface area contributed by atoms with Gasteiger partial charge in [0.25, 0.3) is 23.2 Å². The SMILES string of the molecule is CC(C)(C)OC(=O)Nc1cc2sc(CNC(=O)[C@@H]3CCc4ncc(NC(=O)c5noc(-c6ccccc6F)n5)c(=O)n43)cc2cn1. The van der Waals surface area contributed by atoms with E-state index in [0.717, 1.165) is 15.0 Å². The van der Waals surface area contributed by atoms with Crippen LogP contribution >= 0.6 is 11.3 Å². The van der Waals surface area contributed by atoms with Gasteiger partial charge in [-0.1, -0.05) is 17.3 Å². The maximum Gasteiger partial charge on any atom is 0.413 e. The first-order chi connectivity index (χ1) is 21.9. The molecule has 1 aliphatic heterocycles. The molecule has 46 heavy (non-hydrogen) atoms. The molecule has 1 atom stereocenters. The minimum absolute atomic E-state index is 0.0226. The van der Waals surface area contributed by atoms with Crippen LogP contribution < -0.4 is 21.5 Å². The second-order valence-corrected chi connectivity index (χ2v) is 12.5. The summed E-state index contributed by atoms with van der Waals surface area (Å²) >= 11 is 1.42. The van der Waals surface area contributed by atoms with Crippen molar-refractivity contribution in [3.05, 3.63) is 81.5 Å². The number of pyridine rings is 1. The van der Waals surface area contributed by atoms with Crippen LogP contribution in [0.4, 0.5) is 20.7 Å². The van der Waals surface area contributed by atoms with Crippen LogP contribution in [0, 0.1) is 5.82 Å². The number of fused-ring (bicyclic) bond motifs is 2. The highest BCUT2D eigenvalue weighted by molar-refractivity contribution is 7.19. The highest BCUT2D eigenvalue weighted by atomic mass is 32.1. The number of hydrogen-bond acceptors (Lipinski definition) is 11. The highest BCUT2D eigenvalue weighted by Gasteiger charge is 2.32. The van der Waals surface area contributed by atoms with Gasteiger partial charge in [-0.2, -0.15) is 4.98 Å². The van der Waals surface area contributed by atoms with Crippen LogP contribution in [0.3, 0.4) is 0 Å². The van der Waals surface area contributed by atoms with Gasteiger partial charge in [0.15, 0.2) is 0 Å². The van der Waals surface area contributed by atoms with Crippen LogP contribution in [0.25, 0.3) is 21.5 Å². The molecule has 0 radical (unpaired) electrons. The third-order valence-electron chi connectivity index (χ3n) is 6.83. The number of thiophene rings is 1. The largest absolute Gasteiger partial charge is 0.444 e. The Morgan fingerprint density at radius 2 is 1.93 bits per heavy atom. The molecule has 0 aliphatic carbocycles. The molecule has 1 aromatic carbocycles.